The van der Waals surface area contributed by atoms with Crippen molar-refractivity contribution >= 4 is 50.8 Å². The lowest BCUT2D eigenvalue weighted by Gasteiger charge is -2.47. The van der Waals surface area contributed by atoms with E-state index in [1.54, 1.807) is 38.8 Å². The monoisotopic (exact) mass is 565 g/mol. The van der Waals surface area contributed by atoms with Crippen molar-refractivity contribution in [3.05, 3.63) is 76.0 Å². The third-order valence-electron chi connectivity index (χ3n) is 6.58. The molecule has 8 heteroatoms. The van der Waals surface area contributed by atoms with Crippen LogP contribution in [0.2, 0.25) is 0 Å². The highest BCUT2D eigenvalue weighted by atomic mass is 79.9. The number of rotatable bonds is 4. The van der Waals surface area contributed by atoms with Crippen molar-refractivity contribution in [3.8, 4) is 0 Å². The molecule has 3 aromatic rings. The van der Waals surface area contributed by atoms with Crippen molar-refractivity contribution in [2.75, 3.05) is 13.6 Å². The zero-order valence-electron chi connectivity index (χ0n) is 22.0. The average Bonchev–Trinajstić information content (AvgIpc) is 3.20. The number of carbonyl (C=O) groups is 3. The molecule has 1 aliphatic rings. The average molecular weight is 566 g/mol. The Bertz CT molecular complexity index is 1400. The van der Waals surface area contributed by atoms with Crippen molar-refractivity contribution in [2.45, 2.75) is 52.2 Å². The second kappa shape index (κ2) is 9.82. The van der Waals surface area contributed by atoms with E-state index in [9.17, 15) is 14.4 Å². The first-order valence-corrected chi connectivity index (χ1v) is 13.1. The third kappa shape index (κ3) is 4.94. The van der Waals surface area contributed by atoms with Crippen LogP contribution in [0.15, 0.2) is 64.8 Å². The molecule has 37 heavy (non-hydrogen) atoms. The topological polar surface area (TPSA) is 71.9 Å². The fraction of sp³-hybridized carbons (Fsp3) is 0.345. The Kier molecular flexibility index (Phi) is 7.08. The van der Waals surface area contributed by atoms with Gasteiger partial charge in [-0.05, 0) is 64.5 Å². The smallest absolute Gasteiger partial charge is 0.419 e. The lowest BCUT2D eigenvalue weighted by atomic mass is 9.86. The van der Waals surface area contributed by atoms with Crippen LogP contribution in [-0.4, -0.2) is 57.0 Å². The van der Waals surface area contributed by atoms with Crippen LogP contribution in [0.5, 0.6) is 0 Å². The lowest BCUT2D eigenvalue weighted by molar-refractivity contribution is -0.157. The molecule has 0 spiro atoms. The Balaban J connectivity index is 1.83. The van der Waals surface area contributed by atoms with E-state index in [-0.39, 0.29) is 17.5 Å². The molecule has 1 atom stereocenters. The van der Waals surface area contributed by atoms with Crippen molar-refractivity contribution in [2.24, 2.45) is 0 Å². The van der Waals surface area contributed by atoms with Crippen LogP contribution in [-0.2, 0) is 20.7 Å². The Labute approximate surface area is 225 Å². The predicted molar refractivity (Wildman–Crippen MR) is 148 cm³/mol. The molecule has 194 valence electrons. The quantitative estimate of drug-likeness (QED) is 0.372. The second-order valence-electron chi connectivity index (χ2n) is 10.4. The van der Waals surface area contributed by atoms with Crippen molar-refractivity contribution in [1.29, 1.82) is 0 Å². The molecule has 1 fully saturated rings. The van der Waals surface area contributed by atoms with Crippen LogP contribution in [0.1, 0.15) is 45.9 Å². The van der Waals surface area contributed by atoms with Gasteiger partial charge >= 0.3 is 6.09 Å². The van der Waals surface area contributed by atoms with Crippen molar-refractivity contribution in [3.63, 3.8) is 0 Å². The maximum atomic E-state index is 13.8. The molecule has 1 saturated heterocycles. The number of amides is 2. The summed E-state index contributed by atoms with van der Waals surface area (Å²) < 4.78 is 7.93. The van der Waals surface area contributed by atoms with Gasteiger partial charge in [0.25, 0.3) is 11.8 Å². The summed E-state index contributed by atoms with van der Waals surface area (Å²) in [5.41, 5.74) is 0.493. The van der Waals surface area contributed by atoms with Gasteiger partial charge in [0.15, 0.2) is 0 Å². The first-order chi connectivity index (χ1) is 17.4. The van der Waals surface area contributed by atoms with Gasteiger partial charge in [-0.3, -0.25) is 9.59 Å². The van der Waals surface area contributed by atoms with Crippen molar-refractivity contribution < 1.29 is 19.1 Å². The normalized spacial score (nSPS) is 19.7. The molecule has 0 saturated carbocycles. The summed E-state index contributed by atoms with van der Waals surface area (Å²) >= 11 is 3.55. The molecular formula is C29H32BrN3O4. The largest absolute Gasteiger partial charge is 0.443 e. The Hall–Kier alpha value is -3.39. The summed E-state index contributed by atoms with van der Waals surface area (Å²) in [6.07, 6.45) is 1.43. The Morgan fingerprint density at radius 3 is 2.38 bits per heavy atom. The number of hydrogen-bond donors (Lipinski definition) is 0. The van der Waals surface area contributed by atoms with E-state index in [1.165, 1.54) is 9.47 Å². The lowest BCUT2D eigenvalue weighted by Crippen LogP contribution is -2.65. The van der Waals surface area contributed by atoms with Gasteiger partial charge in [0, 0.05) is 29.9 Å². The summed E-state index contributed by atoms with van der Waals surface area (Å²) in [4.78, 5) is 43.9. The SMILES string of the molecule is CCN1C(=O)/C(=C/c2cc3c(Br)cccc3n2C(=O)OC(C)(C)C)N(C)C(=O)C1(C)Cc1ccccc1. The zero-order chi connectivity index (χ0) is 27.1. The van der Waals surface area contributed by atoms with Gasteiger partial charge in [-0.15, -0.1) is 0 Å². The Morgan fingerprint density at radius 2 is 1.76 bits per heavy atom. The van der Waals surface area contributed by atoms with E-state index in [4.69, 9.17) is 4.74 Å². The number of halogens is 1. The number of aromatic nitrogens is 1. The molecule has 0 N–H and O–H groups in total. The highest BCUT2D eigenvalue weighted by Crippen LogP contribution is 2.34. The molecule has 0 bridgehead atoms. The first kappa shape index (κ1) is 26.7. The number of nitrogens with zero attached hydrogens (tertiary/aromatic N) is 3. The van der Waals surface area contributed by atoms with E-state index >= 15 is 0 Å². The zero-order valence-corrected chi connectivity index (χ0v) is 23.6. The number of hydrogen-bond acceptors (Lipinski definition) is 4. The van der Waals surface area contributed by atoms with Crippen LogP contribution in [0.3, 0.4) is 0 Å². The van der Waals surface area contributed by atoms with E-state index in [2.05, 4.69) is 15.9 Å². The van der Waals surface area contributed by atoms with Crippen LogP contribution < -0.4 is 0 Å². The summed E-state index contributed by atoms with van der Waals surface area (Å²) in [5, 5.41) is 0.790. The minimum absolute atomic E-state index is 0.190. The molecule has 2 amide bonds. The minimum Gasteiger partial charge on any atom is -0.443 e. The number of ether oxygens (including phenoxy) is 1. The van der Waals surface area contributed by atoms with E-state index < -0.39 is 17.2 Å². The highest BCUT2D eigenvalue weighted by molar-refractivity contribution is 9.10. The number of carbonyl (C=O) groups excluding carboxylic acids is 3. The molecule has 1 aliphatic heterocycles. The summed E-state index contributed by atoms with van der Waals surface area (Å²) in [6, 6.07) is 17.0. The van der Waals surface area contributed by atoms with Crippen LogP contribution in [0.25, 0.3) is 17.0 Å². The number of likely N-dealkylation sites (N-methyl/N-ethyl adjacent to an activating group) is 2. The van der Waals surface area contributed by atoms with Gasteiger partial charge in [-0.1, -0.05) is 52.3 Å². The van der Waals surface area contributed by atoms with Gasteiger partial charge in [-0.2, -0.15) is 0 Å². The molecule has 1 aromatic heterocycles. The molecule has 0 radical (unpaired) electrons. The molecular weight excluding hydrogens is 534 g/mol. The maximum Gasteiger partial charge on any atom is 0.419 e. The fourth-order valence-corrected chi connectivity index (χ4v) is 5.35. The predicted octanol–water partition coefficient (Wildman–Crippen LogP) is 5.85. The first-order valence-electron chi connectivity index (χ1n) is 12.3. The van der Waals surface area contributed by atoms with Gasteiger partial charge in [0.05, 0.1) is 11.2 Å². The van der Waals surface area contributed by atoms with Crippen LogP contribution in [0.4, 0.5) is 4.79 Å². The van der Waals surface area contributed by atoms with Gasteiger partial charge in [0.1, 0.15) is 16.8 Å². The standard InChI is InChI=1S/C29H32BrN3O4/c1-7-32-25(34)24(31(6)26(35)29(32,5)18-19-12-9-8-10-13-19)17-20-16-21-22(30)14-11-15-23(21)33(20)27(36)37-28(2,3)4/h8-17H,7,18H2,1-6H3/b24-17-. The summed E-state index contributed by atoms with van der Waals surface area (Å²) in [6.45, 7) is 9.44. The molecule has 2 aromatic carbocycles. The second-order valence-corrected chi connectivity index (χ2v) is 11.3. The third-order valence-corrected chi connectivity index (χ3v) is 7.27. The van der Waals surface area contributed by atoms with Gasteiger partial charge in [-0.25, -0.2) is 9.36 Å². The Morgan fingerprint density at radius 1 is 1.08 bits per heavy atom. The minimum atomic E-state index is -1.04. The highest BCUT2D eigenvalue weighted by Gasteiger charge is 2.49. The van der Waals surface area contributed by atoms with Crippen LogP contribution in [0, 0.1) is 0 Å². The van der Waals surface area contributed by atoms with Crippen molar-refractivity contribution in [1.82, 2.24) is 14.4 Å². The summed E-state index contributed by atoms with van der Waals surface area (Å²) in [7, 11) is 1.61. The number of benzene rings is 2. The number of fused-ring (bicyclic) bond motifs is 1. The van der Waals surface area contributed by atoms with Gasteiger partial charge < -0.3 is 14.5 Å². The van der Waals surface area contributed by atoms with E-state index in [0.717, 1.165) is 15.4 Å². The molecule has 4 rings (SSSR count). The number of piperazine rings is 1. The van der Waals surface area contributed by atoms with E-state index in [1.807, 2.05) is 68.4 Å². The van der Waals surface area contributed by atoms with E-state index in [0.29, 0.717) is 24.2 Å². The maximum absolute atomic E-state index is 13.8. The van der Waals surface area contributed by atoms with Crippen LogP contribution >= 0.6 is 15.9 Å². The molecule has 2 heterocycles. The summed E-state index contributed by atoms with van der Waals surface area (Å²) in [5.74, 6) is -0.465. The molecule has 1 unspecified atom stereocenters. The van der Waals surface area contributed by atoms with Gasteiger partial charge in [0.2, 0.25) is 0 Å². The molecule has 7 nitrogen and oxygen atoms in total. The fourth-order valence-electron chi connectivity index (χ4n) is 4.88. The molecule has 0 aliphatic carbocycles.